The molecule has 1 aliphatic heterocycles. The lowest BCUT2D eigenvalue weighted by molar-refractivity contribution is 0.627. The molecule has 8 rings (SSSR count). The van der Waals surface area contributed by atoms with Crippen LogP contribution in [-0.4, -0.2) is 6.54 Å². The van der Waals surface area contributed by atoms with E-state index in [1.54, 1.807) is 0 Å². The molecule has 2 heterocycles. The van der Waals surface area contributed by atoms with Gasteiger partial charge in [-0.3, -0.25) is 0 Å². The second-order valence-electron chi connectivity index (χ2n) is 10.2. The predicted molar refractivity (Wildman–Crippen MR) is 168 cm³/mol. The Labute approximate surface area is 232 Å². The van der Waals surface area contributed by atoms with Crippen molar-refractivity contribution in [2.24, 2.45) is 0 Å². The van der Waals surface area contributed by atoms with Crippen LogP contribution in [0.15, 0.2) is 144 Å². The molecule has 190 valence electrons. The van der Waals surface area contributed by atoms with Crippen molar-refractivity contribution in [2.45, 2.75) is 0 Å². The van der Waals surface area contributed by atoms with E-state index < -0.39 is 0 Å². The number of furan rings is 1. The highest BCUT2D eigenvalue weighted by Gasteiger charge is 2.27. The van der Waals surface area contributed by atoms with E-state index in [9.17, 15) is 0 Å². The van der Waals surface area contributed by atoms with Crippen molar-refractivity contribution in [3.63, 3.8) is 0 Å². The third kappa shape index (κ3) is 3.67. The van der Waals surface area contributed by atoms with Gasteiger partial charge in [-0.2, -0.15) is 0 Å². The highest BCUT2D eigenvalue weighted by molar-refractivity contribution is 6.10. The van der Waals surface area contributed by atoms with Gasteiger partial charge in [0.25, 0.3) is 0 Å². The Balaban J connectivity index is 1.35. The van der Waals surface area contributed by atoms with Gasteiger partial charge in [0.05, 0.1) is 11.3 Å². The van der Waals surface area contributed by atoms with Crippen molar-refractivity contribution in [3.8, 4) is 11.1 Å². The third-order valence-corrected chi connectivity index (χ3v) is 7.87. The number of nitrogens with zero attached hydrogens (tertiary/aromatic N) is 1. The molecule has 0 atom stereocenters. The molecule has 1 aliphatic rings. The molecule has 0 spiro atoms. The van der Waals surface area contributed by atoms with E-state index in [2.05, 4.69) is 138 Å². The quantitative estimate of drug-likeness (QED) is 0.237. The van der Waals surface area contributed by atoms with Crippen LogP contribution in [0.1, 0.15) is 5.56 Å². The molecular formula is C37H26N2O. The summed E-state index contributed by atoms with van der Waals surface area (Å²) in [4.78, 5) is 2.37. The van der Waals surface area contributed by atoms with Crippen molar-refractivity contribution in [1.82, 2.24) is 0 Å². The normalized spacial score (nSPS) is 12.8. The number of anilines is 3. The number of fused-ring (bicyclic) bond motifs is 6. The van der Waals surface area contributed by atoms with Gasteiger partial charge in [-0.25, -0.2) is 0 Å². The fourth-order valence-electron chi connectivity index (χ4n) is 5.96. The van der Waals surface area contributed by atoms with Crippen LogP contribution in [0, 0.1) is 0 Å². The van der Waals surface area contributed by atoms with Crippen LogP contribution in [-0.2, 0) is 0 Å². The summed E-state index contributed by atoms with van der Waals surface area (Å²) in [7, 11) is 0. The van der Waals surface area contributed by atoms with E-state index in [0.717, 1.165) is 39.5 Å². The van der Waals surface area contributed by atoms with Gasteiger partial charge in [0.2, 0.25) is 5.88 Å². The van der Waals surface area contributed by atoms with Crippen LogP contribution in [0.5, 0.6) is 0 Å². The van der Waals surface area contributed by atoms with Crippen LogP contribution in [0.4, 0.5) is 17.3 Å². The van der Waals surface area contributed by atoms with E-state index in [-0.39, 0.29) is 0 Å². The van der Waals surface area contributed by atoms with E-state index >= 15 is 0 Å². The molecule has 0 radical (unpaired) electrons. The number of para-hydroxylation sites is 1. The van der Waals surface area contributed by atoms with Crippen LogP contribution in [0.25, 0.3) is 49.3 Å². The van der Waals surface area contributed by atoms with E-state index in [1.807, 2.05) is 12.1 Å². The first-order valence-corrected chi connectivity index (χ1v) is 13.7. The van der Waals surface area contributed by atoms with Crippen molar-refractivity contribution in [1.29, 1.82) is 0 Å². The minimum atomic E-state index is 0.692. The topological polar surface area (TPSA) is 28.4 Å². The van der Waals surface area contributed by atoms with Gasteiger partial charge >= 0.3 is 0 Å². The van der Waals surface area contributed by atoms with Crippen molar-refractivity contribution >= 4 is 55.5 Å². The molecule has 3 heteroatoms. The van der Waals surface area contributed by atoms with Crippen molar-refractivity contribution in [3.05, 3.63) is 145 Å². The molecule has 40 heavy (non-hydrogen) atoms. The number of rotatable bonds is 4. The lowest BCUT2D eigenvalue weighted by Crippen LogP contribution is -2.20. The minimum Gasteiger partial charge on any atom is -0.440 e. The monoisotopic (exact) mass is 514 g/mol. The van der Waals surface area contributed by atoms with Gasteiger partial charge in [-0.15, -0.1) is 0 Å². The van der Waals surface area contributed by atoms with Gasteiger partial charge in [0.15, 0.2) is 0 Å². The molecule has 1 aromatic heterocycles. The van der Waals surface area contributed by atoms with Crippen LogP contribution in [0.2, 0.25) is 0 Å². The Bertz CT molecular complexity index is 2050. The van der Waals surface area contributed by atoms with Crippen LogP contribution in [0.3, 0.4) is 0 Å². The zero-order valence-corrected chi connectivity index (χ0v) is 21.8. The summed E-state index contributed by atoms with van der Waals surface area (Å²) >= 11 is 0. The SMILES string of the molecule is C1=C(N(c2ccc(-c3ccccc3)cc2)c2ccc3ccc4ccccc4c3c2)c2c(oc3ccccc23)NC1. The standard InChI is InChI=1S/C37H26N2O/c1-2-8-25(9-3-1)26-16-19-29(20-17-26)39(34-22-23-38-37-36(34)32-12-6-7-13-35(32)40-37)30-21-18-28-15-14-27-10-4-5-11-31(27)33(28)24-30/h1-22,24,38H,23H2. The summed E-state index contributed by atoms with van der Waals surface area (Å²) in [6.07, 6.45) is 2.27. The molecule has 0 unspecified atom stereocenters. The lowest BCUT2D eigenvalue weighted by Gasteiger charge is -2.30. The second kappa shape index (κ2) is 9.18. The number of benzene rings is 6. The summed E-state index contributed by atoms with van der Waals surface area (Å²) in [6, 6.07) is 47.5. The number of nitrogens with one attached hydrogen (secondary N) is 1. The summed E-state index contributed by atoms with van der Waals surface area (Å²) in [5.74, 6) is 0.816. The fraction of sp³-hybridized carbons (Fsp3) is 0.0270. The Hall–Kier alpha value is -5.28. The molecule has 0 fully saturated rings. The predicted octanol–water partition coefficient (Wildman–Crippen LogP) is 10.0. The highest BCUT2D eigenvalue weighted by atomic mass is 16.3. The minimum absolute atomic E-state index is 0.692. The summed E-state index contributed by atoms with van der Waals surface area (Å²) in [5.41, 5.74) is 7.71. The van der Waals surface area contributed by atoms with E-state index in [4.69, 9.17) is 4.42 Å². The first kappa shape index (κ1) is 22.7. The molecule has 0 saturated heterocycles. The zero-order valence-electron chi connectivity index (χ0n) is 21.8. The van der Waals surface area contributed by atoms with Crippen LogP contribution < -0.4 is 10.2 Å². The average Bonchev–Trinajstić information content (AvgIpc) is 3.41. The lowest BCUT2D eigenvalue weighted by atomic mass is 9.99. The van der Waals surface area contributed by atoms with Gasteiger partial charge in [-0.05, 0) is 69.1 Å². The number of hydrogen-bond donors (Lipinski definition) is 1. The van der Waals surface area contributed by atoms with Crippen molar-refractivity contribution < 1.29 is 4.42 Å². The Kier molecular flexibility index (Phi) is 5.20. The largest absolute Gasteiger partial charge is 0.440 e. The molecule has 0 aliphatic carbocycles. The first-order valence-electron chi connectivity index (χ1n) is 13.7. The summed E-state index contributed by atoms with van der Waals surface area (Å²) in [5, 5.41) is 9.54. The van der Waals surface area contributed by atoms with Crippen LogP contribution >= 0.6 is 0 Å². The summed E-state index contributed by atoms with van der Waals surface area (Å²) in [6.45, 7) is 0.692. The smallest absolute Gasteiger partial charge is 0.203 e. The molecule has 7 aromatic rings. The Morgan fingerprint density at radius 2 is 1.20 bits per heavy atom. The summed E-state index contributed by atoms with van der Waals surface area (Å²) < 4.78 is 6.27. The van der Waals surface area contributed by atoms with Crippen molar-refractivity contribution in [2.75, 3.05) is 16.8 Å². The molecule has 0 bridgehead atoms. The first-order chi connectivity index (χ1) is 19.8. The third-order valence-electron chi connectivity index (χ3n) is 7.87. The molecular weight excluding hydrogens is 488 g/mol. The molecule has 6 aromatic carbocycles. The zero-order chi connectivity index (χ0) is 26.5. The maximum Gasteiger partial charge on any atom is 0.203 e. The fourth-order valence-corrected chi connectivity index (χ4v) is 5.96. The number of hydrogen-bond acceptors (Lipinski definition) is 3. The highest BCUT2D eigenvalue weighted by Crippen LogP contribution is 2.44. The van der Waals surface area contributed by atoms with Gasteiger partial charge < -0.3 is 14.6 Å². The Morgan fingerprint density at radius 1 is 0.550 bits per heavy atom. The van der Waals surface area contributed by atoms with Gasteiger partial charge in [0, 0.05) is 23.3 Å². The molecule has 0 saturated carbocycles. The maximum atomic E-state index is 6.27. The maximum absolute atomic E-state index is 6.27. The molecule has 1 N–H and O–H groups in total. The van der Waals surface area contributed by atoms with E-state index in [1.165, 1.54) is 32.7 Å². The Morgan fingerprint density at radius 3 is 2.05 bits per heavy atom. The molecule has 0 amide bonds. The van der Waals surface area contributed by atoms with Gasteiger partial charge in [0.1, 0.15) is 5.58 Å². The van der Waals surface area contributed by atoms with Gasteiger partial charge in [-0.1, -0.05) is 103 Å². The average molecular weight is 515 g/mol. The molecule has 3 nitrogen and oxygen atoms in total. The van der Waals surface area contributed by atoms with E-state index in [0.29, 0.717) is 6.54 Å². The second-order valence-corrected chi connectivity index (χ2v) is 10.2.